The van der Waals surface area contributed by atoms with E-state index in [0.29, 0.717) is 12.3 Å². The van der Waals surface area contributed by atoms with E-state index in [-0.39, 0.29) is 12.7 Å². The third kappa shape index (κ3) is 4.36. The third-order valence-corrected chi connectivity index (χ3v) is 3.64. The molecule has 0 unspecified atom stereocenters. The minimum absolute atomic E-state index is 0.131. The smallest absolute Gasteiger partial charge is 0.343 e. The summed E-state index contributed by atoms with van der Waals surface area (Å²) < 4.78 is 72.6. The van der Waals surface area contributed by atoms with Crippen LogP contribution in [0.15, 0.2) is 34.8 Å². The van der Waals surface area contributed by atoms with Crippen LogP contribution in [0.25, 0.3) is 5.76 Å². The largest absolute Gasteiger partial charge is 0.506 e. The molecule has 0 saturated carbocycles. The fourth-order valence-corrected chi connectivity index (χ4v) is 2.28. The molecule has 0 aliphatic carbocycles. The molecule has 1 N–H and O–H groups in total. The van der Waals surface area contributed by atoms with Crippen molar-refractivity contribution in [3.63, 3.8) is 0 Å². The molecule has 28 heavy (non-hydrogen) atoms. The summed E-state index contributed by atoms with van der Waals surface area (Å²) in [6, 6.07) is 2.61. The number of ether oxygens (including phenoxy) is 1. The van der Waals surface area contributed by atoms with Gasteiger partial charge in [-0.05, 0) is 26.0 Å². The van der Waals surface area contributed by atoms with Gasteiger partial charge in [-0.2, -0.15) is 0 Å². The first-order chi connectivity index (χ1) is 13.2. The van der Waals surface area contributed by atoms with Crippen molar-refractivity contribution in [2.24, 2.45) is 4.99 Å². The van der Waals surface area contributed by atoms with Gasteiger partial charge in [0.1, 0.15) is 23.0 Å². The van der Waals surface area contributed by atoms with Gasteiger partial charge < -0.3 is 9.84 Å². The highest BCUT2D eigenvalue weighted by Gasteiger charge is 2.24. The predicted octanol–water partition coefficient (Wildman–Crippen LogP) is 4.93. The number of nitrogens with zero attached hydrogens (tertiary/aromatic N) is 1. The van der Waals surface area contributed by atoms with Gasteiger partial charge in [0.2, 0.25) is 0 Å². The minimum Gasteiger partial charge on any atom is -0.506 e. The Morgan fingerprint density at radius 1 is 1.11 bits per heavy atom. The zero-order chi connectivity index (χ0) is 21.0. The molecule has 0 bridgehead atoms. The summed E-state index contributed by atoms with van der Waals surface area (Å²) >= 11 is 0. The van der Waals surface area contributed by atoms with Crippen molar-refractivity contribution in [3.05, 3.63) is 70.1 Å². The second-order valence-corrected chi connectivity index (χ2v) is 5.49. The van der Waals surface area contributed by atoms with E-state index in [1.165, 1.54) is 6.92 Å². The fraction of sp³-hybridized carbons (Fsp3) is 0.158. The molecule has 4 nitrogen and oxygen atoms in total. The highest BCUT2D eigenvalue weighted by Crippen LogP contribution is 2.27. The van der Waals surface area contributed by atoms with Crippen LogP contribution < -0.4 is 0 Å². The first-order valence-corrected chi connectivity index (χ1v) is 7.91. The van der Waals surface area contributed by atoms with Crippen molar-refractivity contribution in [1.29, 1.82) is 0 Å². The molecular formula is C19H14F5NO3. The summed E-state index contributed by atoms with van der Waals surface area (Å²) in [6.07, 6.45) is 0.657. The van der Waals surface area contributed by atoms with Crippen LogP contribution in [0.3, 0.4) is 0 Å². The lowest BCUT2D eigenvalue weighted by atomic mass is 10.0. The number of esters is 1. The lowest BCUT2D eigenvalue weighted by molar-refractivity contribution is -0.137. The van der Waals surface area contributed by atoms with Gasteiger partial charge in [0.15, 0.2) is 17.5 Å². The number of carbonyl (C=O) groups is 1. The number of aliphatic imine (C=N–C) groups is 1. The molecule has 0 aliphatic heterocycles. The summed E-state index contributed by atoms with van der Waals surface area (Å²) in [4.78, 5) is 15.7. The maximum Gasteiger partial charge on any atom is 0.343 e. The van der Waals surface area contributed by atoms with Gasteiger partial charge in [-0.25, -0.2) is 26.7 Å². The highest BCUT2D eigenvalue weighted by atomic mass is 19.2. The lowest BCUT2D eigenvalue weighted by Gasteiger charge is -2.11. The molecular weight excluding hydrogens is 385 g/mol. The number of benzene rings is 2. The van der Waals surface area contributed by atoms with Crippen molar-refractivity contribution in [3.8, 4) is 0 Å². The molecule has 0 aliphatic rings. The van der Waals surface area contributed by atoms with Gasteiger partial charge in [-0.3, -0.25) is 4.99 Å². The van der Waals surface area contributed by atoms with Crippen molar-refractivity contribution in [2.45, 2.75) is 13.8 Å². The summed E-state index contributed by atoms with van der Waals surface area (Å²) in [5, 5.41) is 10.4. The van der Waals surface area contributed by atoms with E-state index in [4.69, 9.17) is 4.74 Å². The summed E-state index contributed by atoms with van der Waals surface area (Å²) in [6.45, 7) is 2.31. The summed E-state index contributed by atoms with van der Waals surface area (Å²) in [5.74, 6) is -8.42. The number of hydrogen-bond donors (Lipinski definition) is 1. The summed E-state index contributed by atoms with van der Waals surface area (Å²) in [7, 11) is 0. The number of hydrogen-bond acceptors (Lipinski definition) is 4. The van der Waals surface area contributed by atoms with E-state index in [1.807, 2.05) is 0 Å². The lowest BCUT2D eigenvalue weighted by Crippen LogP contribution is -2.13. The molecule has 0 heterocycles. The number of aliphatic hydroxyl groups excluding tert-OH is 1. The van der Waals surface area contributed by atoms with Crippen LogP contribution in [0.4, 0.5) is 27.6 Å². The molecule has 9 heteroatoms. The normalized spacial score (nSPS) is 12.2. The van der Waals surface area contributed by atoms with E-state index >= 15 is 0 Å². The second-order valence-electron chi connectivity index (χ2n) is 5.49. The van der Waals surface area contributed by atoms with Crippen LogP contribution in [0, 0.1) is 36.0 Å². The Kier molecular flexibility index (Phi) is 6.50. The first-order valence-electron chi connectivity index (χ1n) is 7.91. The van der Waals surface area contributed by atoms with Crippen LogP contribution in [-0.2, 0) is 9.53 Å². The SMILES string of the molecule is CCOC(=O)C(C=Nc1ccc(F)cc1F)=C(O)c1c(F)cc(F)c(F)c1C. The van der Waals surface area contributed by atoms with Gasteiger partial charge in [-0.15, -0.1) is 0 Å². The van der Waals surface area contributed by atoms with E-state index < -0.39 is 63.2 Å². The first kappa shape index (κ1) is 21.1. The Bertz CT molecular complexity index is 986. The van der Waals surface area contributed by atoms with Crippen molar-refractivity contribution in [1.82, 2.24) is 0 Å². The van der Waals surface area contributed by atoms with Gasteiger partial charge in [0.05, 0.1) is 17.9 Å². The van der Waals surface area contributed by atoms with E-state index in [0.717, 1.165) is 19.1 Å². The molecule has 0 amide bonds. The van der Waals surface area contributed by atoms with E-state index in [1.54, 1.807) is 0 Å². The standard InChI is InChI=1S/C19H14F5NO3/c1-3-28-19(27)11(8-25-15-5-4-10(20)6-12(15)21)18(26)16-9(2)17(24)14(23)7-13(16)22/h4-8,26H,3H2,1-2H3. The number of halogens is 5. The number of carbonyl (C=O) groups excluding carboxylic acids is 1. The minimum atomic E-state index is -1.48. The molecule has 0 aromatic heterocycles. The molecule has 2 aromatic carbocycles. The molecule has 0 atom stereocenters. The van der Waals surface area contributed by atoms with Gasteiger partial charge in [-0.1, -0.05) is 0 Å². The Hall–Kier alpha value is -3.23. The van der Waals surface area contributed by atoms with Crippen molar-refractivity contribution < 1.29 is 36.6 Å². The van der Waals surface area contributed by atoms with Crippen LogP contribution in [0.1, 0.15) is 18.1 Å². The van der Waals surface area contributed by atoms with Crippen LogP contribution in [0.2, 0.25) is 0 Å². The quantitative estimate of drug-likeness (QED) is 0.194. The maximum absolute atomic E-state index is 14.1. The topological polar surface area (TPSA) is 58.9 Å². The molecule has 2 aromatic rings. The van der Waals surface area contributed by atoms with E-state index in [9.17, 15) is 31.9 Å². The zero-order valence-corrected chi connectivity index (χ0v) is 14.7. The van der Waals surface area contributed by atoms with E-state index in [2.05, 4.69) is 4.99 Å². The molecule has 0 saturated heterocycles. The van der Waals surface area contributed by atoms with Crippen LogP contribution in [0.5, 0.6) is 0 Å². The Morgan fingerprint density at radius 3 is 2.39 bits per heavy atom. The van der Waals surface area contributed by atoms with Gasteiger partial charge >= 0.3 is 5.97 Å². The summed E-state index contributed by atoms with van der Waals surface area (Å²) in [5.41, 5.74) is -2.51. The van der Waals surface area contributed by atoms with Crippen molar-refractivity contribution >= 4 is 23.6 Å². The average molecular weight is 399 g/mol. The third-order valence-electron chi connectivity index (χ3n) is 3.64. The fourth-order valence-electron chi connectivity index (χ4n) is 2.28. The van der Waals surface area contributed by atoms with Crippen LogP contribution >= 0.6 is 0 Å². The van der Waals surface area contributed by atoms with Crippen molar-refractivity contribution in [2.75, 3.05) is 6.61 Å². The van der Waals surface area contributed by atoms with Gasteiger partial charge in [0, 0.05) is 23.9 Å². The zero-order valence-electron chi connectivity index (χ0n) is 14.7. The maximum atomic E-state index is 14.1. The molecule has 0 radical (unpaired) electrons. The molecule has 0 spiro atoms. The number of aliphatic hydroxyl groups is 1. The Balaban J connectivity index is 2.64. The predicted molar refractivity (Wildman–Crippen MR) is 91.7 cm³/mol. The van der Waals surface area contributed by atoms with Gasteiger partial charge in [0.25, 0.3) is 0 Å². The van der Waals surface area contributed by atoms with Crippen LogP contribution in [-0.4, -0.2) is 23.9 Å². The second kappa shape index (κ2) is 8.64. The molecule has 0 fully saturated rings. The highest BCUT2D eigenvalue weighted by molar-refractivity contribution is 6.15. The average Bonchev–Trinajstić information content (AvgIpc) is 2.62. The number of rotatable bonds is 5. The molecule has 2 rings (SSSR count). The Morgan fingerprint density at radius 2 is 1.79 bits per heavy atom. The monoisotopic (exact) mass is 399 g/mol. The Labute approximate surface area is 156 Å². The molecule has 148 valence electrons.